The van der Waals surface area contributed by atoms with Crippen molar-refractivity contribution in [3.8, 4) is 0 Å². The lowest BCUT2D eigenvalue weighted by Gasteiger charge is -2.32. The summed E-state index contributed by atoms with van der Waals surface area (Å²) in [4.78, 5) is 14.1. The molecule has 4 rings (SSSR count). The molecule has 0 bridgehead atoms. The summed E-state index contributed by atoms with van der Waals surface area (Å²) < 4.78 is 0. The predicted molar refractivity (Wildman–Crippen MR) is 92.6 cm³/mol. The van der Waals surface area contributed by atoms with Crippen LogP contribution in [0.25, 0.3) is 0 Å². The summed E-state index contributed by atoms with van der Waals surface area (Å²) in [5.74, 6) is 1.16. The van der Waals surface area contributed by atoms with Gasteiger partial charge in [-0.2, -0.15) is 0 Å². The fraction of sp³-hybridized carbons (Fsp3) is 0.474. The van der Waals surface area contributed by atoms with Crippen LogP contribution in [0.1, 0.15) is 41.3 Å². The molecule has 0 radical (unpaired) electrons. The highest BCUT2D eigenvalue weighted by atomic mass is 15.2. The van der Waals surface area contributed by atoms with E-state index in [4.69, 9.17) is 4.98 Å². The standard InChI is InChI=1S/C19H24N4/c1-14-5-3-6-15(11-14)18-7-4-9-23(18)19-16-12-22(2)10-8-17(16)20-13-21-19/h3,5-6,11,13,18H,4,7-10,12H2,1-2H3/t18-/m1/s1. The molecule has 0 saturated carbocycles. The Morgan fingerprint density at radius 3 is 2.96 bits per heavy atom. The fourth-order valence-corrected chi connectivity index (χ4v) is 3.95. The van der Waals surface area contributed by atoms with Gasteiger partial charge in [0.1, 0.15) is 12.1 Å². The summed E-state index contributed by atoms with van der Waals surface area (Å²) in [7, 11) is 2.18. The maximum atomic E-state index is 4.69. The summed E-state index contributed by atoms with van der Waals surface area (Å²) >= 11 is 0. The van der Waals surface area contributed by atoms with E-state index in [2.05, 4.69) is 53.0 Å². The van der Waals surface area contributed by atoms with Gasteiger partial charge in [0.2, 0.25) is 0 Å². The third kappa shape index (κ3) is 2.72. The zero-order valence-corrected chi connectivity index (χ0v) is 14.0. The molecule has 0 N–H and O–H groups in total. The molecule has 1 fully saturated rings. The second-order valence-corrected chi connectivity index (χ2v) is 6.88. The number of anilines is 1. The van der Waals surface area contributed by atoms with Crippen molar-refractivity contribution in [2.45, 2.75) is 38.8 Å². The summed E-state index contributed by atoms with van der Waals surface area (Å²) in [5, 5.41) is 0. The van der Waals surface area contributed by atoms with E-state index in [-0.39, 0.29) is 0 Å². The van der Waals surface area contributed by atoms with Gasteiger partial charge in [-0.1, -0.05) is 29.8 Å². The minimum Gasteiger partial charge on any atom is -0.349 e. The molecule has 0 aliphatic carbocycles. The van der Waals surface area contributed by atoms with Crippen LogP contribution >= 0.6 is 0 Å². The molecule has 0 spiro atoms. The highest BCUT2D eigenvalue weighted by molar-refractivity contribution is 5.52. The molecule has 1 aromatic heterocycles. The first-order valence-corrected chi connectivity index (χ1v) is 8.57. The second kappa shape index (κ2) is 5.93. The SMILES string of the molecule is Cc1cccc([C@H]2CCCN2c2ncnc3c2CN(C)CC3)c1. The van der Waals surface area contributed by atoms with E-state index in [9.17, 15) is 0 Å². The largest absolute Gasteiger partial charge is 0.349 e. The van der Waals surface area contributed by atoms with Crippen LogP contribution in [0.5, 0.6) is 0 Å². The number of aromatic nitrogens is 2. The second-order valence-electron chi connectivity index (χ2n) is 6.88. The average molecular weight is 308 g/mol. The Kier molecular flexibility index (Phi) is 3.77. The molecule has 23 heavy (non-hydrogen) atoms. The Labute approximate surface area is 138 Å². The number of likely N-dealkylation sites (N-methyl/N-ethyl adjacent to an activating group) is 1. The third-order valence-corrected chi connectivity index (χ3v) is 5.12. The number of aryl methyl sites for hydroxylation is 1. The predicted octanol–water partition coefficient (Wildman–Crippen LogP) is 3.11. The summed E-state index contributed by atoms with van der Waals surface area (Å²) in [6.07, 6.45) is 5.22. The molecular weight excluding hydrogens is 284 g/mol. The topological polar surface area (TPSA) is 32.3 Å². The van der Waals surface area contributed by atoms with Crippen LogP contribution in [0.4, 0.5) is 5.82 Å². The molecule has 2 aliphatic rings. The van der Waals surface area contributed by atoms with Gasteiger partial charge in [0.15, 0.2) is 0 Å². The van der Waals surface area contributed by atoms with Gasteiger partial charge >= 0.3 is 0 Å². The molecule has 0 unspecified atom stereocenters. The molecule has 1 atom stereocenters. The Morgan fingerprint density at radius 2 is 2.09 bits per heavy atom. The van der Waals surface area contributed by atoms with Gasteiger partial charge in [0, 0.05) is 31.6 Å². The van der Waals surface area contributed by atoms with E-state index in [1.165, 1.54) is 35.2 Å². The zero-order chi connectivity index (χ0) is 15.8. The van der Waals surface area contributed by atoms with Crippen LogP contribution in [0.3, 0.4) is 0 Å². The molecular formula is C19H24N4. The van der Waals surface area contributed by atoms with Crippen LogP contribution in [-0.4, -0.2) is 35.0 Å². The molecule has 1 saturated heterocycles. The van der Waals surface area contributed by atoms with E-state index in [1.54, 1.807) is 6.33 Å². The normalized spacial score (nSPS) is 21.5. The van der Waals surface area contributed by atoms with Gasteiger partial charge in [-0.05, 0) is 32.4 Å². The quantitative estimate of drug-likeness (QED) is 0.853. The zero-order valence-electron chi connectivity index (χ0n) is 14.0. The van der Waals surface area contributed by atoms with Crippen molar-refractivity contribution in [2.75, 3.05) is 25.0 Å². The minimum atomic E-state index is 0.445. The number of nitrogens with zero attached hydrogens (tertiary/aromatic N) is 4. The number of fused-ring (bicyclic) bond motifs is 1. The molecule has 2 aromatic rings. The lowest BCUT2D eigenvalue weighted by Crippen LogP contribution is -2.32. The van der Waals surface area contributed by atoms with Crippen molar-refractivity contribution >= 4 is 5.82 Å². The average Bonchev–Trinajstić information content (AvgIpc) is 3.03. The molecule has 3 heterocycles. The van der Waals surface area contributed by atoms with Crippen LogP contribution < -0.4 is 4.90 Å². The molecule has 4 nitrogen and oxygen atoms in total. The van der Waals surface area contributed by atoms with Gasteiger partial charge in [-0.15, -0.1) is 0 Å². The van der Waals surface area contributed by atoms with Gasteiger partial charge < -0.3 is 9.80 Å². The van der Waals surface area contributed by atoms with Crippen molar-refractivity contribution in [1.82, 2.24) is 14.9 Å². The number of hydrogen-bond acceptors (Lipinski definition) is 4. The van der Waals surface area contributed by atoms with Gasteiger partial charge in [-0.3, -0.25) is 0 Å². The van der Waals surface area contributed by atoms with Crippen LogP contribution in [0.2, 0.25) is 0 Å². The van der Waals surface area contributed by atoms with E-state index in [1.807, 2.05) is 0 Å². The lowest BCUT2D eigenvalue weighted by molar-refractivity contribution is 0.309. The van der Waals surface area contributed by atoms with Crippen LogP contribution in [-0.2, 0) is 13.0 Å². The van der Waals surface area contributed by atoms with Crippen molar-refractivity contribution in [2.24, 2.45) is 0 Å². The van der Waals surface area contributed by atoms with Crippen molar-refractivity contribution in [3.63, 3.8) is 0 Å². The van der Waals surface area contributed by atoms with Gasteiger partial charge in [0.25, 0.3) is 0 Å². The Morgan fingerprint density at radius 1 is 1.17 bits per heavy atom. The molecule has 2 aliphatic heterocycles. The van der Waals surface area contributed by atoms with E-state index < -0.39 is 0 Å². The van der Waals surface area contributed by atoms with Gasteiger partial charge in [0.05, 0.1) is 11.7 Å². The molecule has 0 amide bonds. The number of hydrogen-bond donors (Lipinski definition) is 0. The monoisotopic (exact) mass is 308 g/mol. The van der Waals surface area contributed by atoms with Crippen molar-refractivity contribution in [3.05, 3.63) is 53.0 Å². The van der Waals surface area contributed by atoms with Crippen LogP contribution in [0, 0.1) is 6.92 Å². The molecule has 120 valence electrons. The summed E-state index contributed by atoms with van der Waals surface area (Å²) in [6, 6.07) is 9.37. The maximum absolute atomic E-state index is 4.69. The summed E-state index contributed by atoms with van der Waals surface area (Å²) in [6.45, 7) is 5.31. The first-order chi connectivity index (χ1) is 11.2. The third-order valence-electron chi connectivity index (χ3n) is 5.12. The number of benzene rings is 1. The highest BCUT2D eigenvalue weighted by Gasteiger charge is 2.30. The van der Waals surface area contributed by atoms with Crippen molar-refractivity contribution in [1.29, 1.82) is 0 Å². The molecule has 4 heteroatoms. The fourth-order valence-electron chi connectivity index (χ4n) is 3.95. The maximum Gasteiger partial charge on any atom is 0.137 e. The van der Waals surface area contributed by atoms with E-state index in [0.717, 1.165) is 31.9 Å². The molecule has 1 aromatic carbocycles. The first kappa shape index (κ1) is 14.6. The Balaban J connectivity index is 1.72. The highest BCUT2D eigenvalue weighted by Crippen LogP contribution is 2.38. The van der Waals surface area contributed by atoms with E-state index in [0.29, 0.717) is 6.04 Å². The lowest BCUT2D eigenvalue weighted by atomic mass is 10.0. The van der Waals surface area contributed by atoms with Crippen molar-refractivity contribution < 1.29 is 0 Å². The smallest absolute Gasteiger partial charge is 0.137 e. The van der Waals surface area contributed by atoms with Crippen LogP contribution in [0.15, 0.2) is 30.6 Å². The Bertz CT molecular complexity index is 712. The Hall–Kier alpha value is -1.94. The van der Waals surface area contributed by atoms with E-state index >= 15 is 0 Å². The number of rotatable bonds is 2. The first-order valence-electron chi connectivity index (χ1n) is 8.57. The summed E-state index contributed by atoms with van der Waals surface area (Å²) in [5.41, 5.74) is 5.32. The minimum absolute atomic E-state index is 0.445. The van der Waals surface area contributed by atoms with Gasteiger partial charge in [-0.25, -0.2) is 9.97 Å².